The van der Waals surface area contributed by atoms with Gasteiger partial charge in [0, 0.05) is 18.1 Å². The molecule has 0 spiro atoms. The average molecular weight is 426 g/mol. The van der Waals surface area contributed by atoms with Gasteiger partial charge in [0.2, 0.25) is 10.0 Å². The molecule has 0 aliphatic carbocycles. The van der Waals surface area contributed by atoms with Gasteiger partial charge in [-0.15, -0.1) is 0 Å². The van der Waals surface area contributed by atoms with Crippen molar-refractivity contribution in [3.63, 3.8) is 0 Å². The fraction of sp³-hybridized carbons (Fsp3) is 0.316. The van der Waals surface area contributed by atoms with Gasteiger partial charge in [0.1, 0.15) is 5.75 Å². The van der Waals surface area contributed by atoms with E-state index in [2.05, 4.69) is 0 Å². The number of sulfonamides is 1. The Bertz CT molecular complexity index is 953. The van der Waals surface area contributed by atoms with E-state index in [4.69, 9.17) is 21.4 Å². The summed E-state index contributed by atoms with van der Waals surface area (Å²) in [5.74, 6) is -0.755. The van der Waals surface area contributed by atoms with Crippen LogP contribution in [-0.2, 0) is 20.4 Å². The first kappa shape index (κ1) is 20.6. The van der Waals surface area contributed by atoms with Gasteiger partial charge < -0.3 is 14.9 Å². The number of aliphatic hydroxyl groups is 1. The van der Waals surface area contributed by atoms with Gasteiger partial charge in [-0.1, -0.05) is 23.7 Å². The second kappa shape index (κ2) is 8.08. The molecule has 2 aromatic rings. The third-order valence-corrected chi connectivity index (χ3v) is 6.90. The van der Waals surface area contributed by atoms with Gasteiger partial charge in [-0.05, 0) is 54.8 Å². The van der Waals surface area contributed by atoms with Crippen LogP contribution in [0.25, 0.3) is 0 Å². The number of piperidine rings is 1. The van der Waals surface area contributed by atoms with Crippen LogP contribution in [0.15, 0.2) is 53.4 Å². The molecule has 1 heterocycles. The molecular weight excluding hydrogens is 406 g/mol. The van der Waals surface area contributed by atoms with Gasteiger partial charge in [0.25, 0.3) is 0 Å². The molecule has 1 fully saturated rings. The second-order valence-electron chi connectivity index (χ2n) is 6.60. The van der Waals surface area contributed by atoms with Crippen LogP contribution in [0.2, 0.25) is 5.02 Å². The molecule has 1 saturated heterocycles. The number of nitrogens with zero attached hydrogens (tertiary/aromatic N) is 1. The number of carbonyl (C=O) groups is 1. The fourth-order valence-corrected chi connectivity index (χ4v) is 4.73. The first-order chi connectivity index (χ1) is 13.2. The molecule has 2 N–H and O–H groups in total. The Morgan fingerprint density at radius 2 is 1.79 bits per heavy atom. The minimum absolute atomic E-state index is 0.154. The Morgan fingerprint density at radius 3 is 2.39 bits per heavy atom. The average Bonchev–Trinajstić information content (AvgIpc) is 2.67. The van der Waals surface area contributed by atoms with Crippen LogP contribution in [0.5, 0.6) is 5.75 Å². The Kier molecular flexibility index (Phi) is 5.95. The third kappa shape index (κ3) is 4.47. The lowest BCUT2D eigenvalue weighted by Crippen LogP contribution is -2.45. The second-order valence-corrected chi connectivity index (χ2v) is 8.97. The number of hydrogen-bond donors (Lipinski definition) is 2. The SMILES string of the molecule is O=C(O)COc1cccc(C2(O)CCN(S(=O)(=O)c3ccc(Cl)cc3)CC2)c1. The number of rotatable bonds is 6. The number of carboxylic acids is 1. The normalized spacial score (nSPS) is 17.2. The maximum absolute atomic E-state index is 12.8. The molecule has 1 aliphatic rings. The van der Waals surface area contributed by atoms with Crippen molar-refractivity contribution >= 4 is 27.6 Å². The highest BCUT2D eigenvalue weighted by atomic mass is 35.5. The number of benzene rings is 2. The smallest absolute Gasteiger partial charge is 0.341 e. The van der Waals surface area contributed by atoms with Gasteiger partial charge in [-0.25, -0.2) is 13.2 Å². The van der Waals surface area contributed by atoms with Crippen LogP contribution in [-0.4, -0.2) is 48.6 Å². The molecule has 0 saturated carbocycles. The maximum Gasteiger partial charge on any atom is 0.341 e. The molecular formula is C19H20ClNO6S. The van der Waals surface area contributed by atoms with Crippen LogP contribution in [0.4, 0.5) is 0 Å². The summed E-state index contributed by atoms with van der Waals surface area (Å²) in [6.07, 6.45) is 0.421. The summed E-state index contributed by atoms with van der Waals surface area (Å²) in [6.45, 7) is -0.168. The molecule has 3 rings (SSSR count). The Hall–Kier alpha value is -2.13. The van der Waals surface area contributed by atoms with Crippen molar-refractivity contribution in [2.45, 2.75) is 23.3 Å². The number of carboxylic acid groups (broad SMARTS) is 1. The van der Waals surface area contributed by atoms with E-state index in [9.17, 15) is 18.3 Å². The molecule has 28 heavy (non-hydrogen) atoms. The van der Waals surface area contributed by atoms with E-state index < -0.39 is 28.2 Å². The number of aliphatic carboxylic acids is 1. The van der Waals surface area contributed by atoms with E-state index in [1.54, 1.807) is 24.3 Å². The first-order valence-electron chi connectivity index (χ1n) is 8.64. The highest BCUT2D eigenvalue weighted by Gasteiger charge is 2.38. The molecule has 150 valence electrons. The molecule has 0 amide bonds. The predicted molar refractivity (Wildman–Crippen MR) is 103 cm³/mol. The van der Waals surface area contributed by atoms with Crippen molar-refractivity contribution in [3.05, 3.63) is 59.1 Å². The topological polar surface area (TPSA) is 104 Å². The van der Waals surface area contributed by atoms with Gasteiger partial charge in [-0.3, -0.25) is 0 Å². The summed E-state index contributed by atoms with van der Waals surface area (Å²) in [6, 6.07) is 12.6. The number of ether oxygens (including phenoxy) is 1. The first-order valence-corrected chi connectivity index (χ1v) is 10.5. The van der Waals surface area contributed by atoms with E-state index in [1.165, 1.54) is 28.6 Å². The molecule has 0 atom stereocenters. The standard InChI is InChI=1S/C19H20ClNO6S/c20-15-4-6-17(7-5-15)28(25,26)21-10-8-19(24,9-11-21)14-2-1-3-16(12-14)27-13-18(22)23/h1-7,12,24H,8-11,13H2,(H,22,23). The molecule has 0 aromatic heterocycles. The van der Waals surface area contributed by atoms with Gasteiger partial charge in [0.15, 0.2) is 6.61 Å². The van der Waals surface area contributed by atoms with Crippen LogP contribution in [0.1, 0.15) is 18.4 Å². The Balaban J connectivity index is 1.72. The Labute approximate surface area is 168 Å². The quantitative estimate of drug-likeness (QED) is 0.736. The van der Waals surface area contributed by atoms with E-state index >= 15 is 0 Å². The van der Waals surface area contributed by atoms with E-state index in [-0.39, 0.29) is 30.8 Å². The van der Waals surface area contributed by atoms with Crippen molar-refractivity contribution in [2.75, 3.05) is 19.7 Å². The molecule has 0 radical (unpaired) electrons. The van der Waals surface area contributed by atoms with Crippen LogP contribution >= 0.6 is 11.6 Å². The number of hydrogen-bond acceptors (Lipinski definition) is 5. The summed E-state index contributed by atoms with van der Waals surface area (Å²) >= 11 is 5.82. The van der Waals surface area contributed by atoms with E-state index in [0.29, 0.717) is 16.3 Å². The minimum atomic E-state index is -3.66. The van der Waals surface area contributed by atoms with Crippen molar-refractivity contribution < 1.29 is 28.2 Å². The van der Waals surface area contributed by atoms with Crippen LogP contribution < -0.4 is 4.74 Å². The van der Waals surface area contributed by atoms with E-state index in [1.807, 2.05) is 0 Å². The Morgan fingerprint density at radius 1 is 1.14 bits per heavy atom. The summed E-state index contributed by atoms with van der Waals surface area (Å²) in [5, 5.41) is 20.2. The minimum Gasteiger partial charge on any atom is -0.482 e. The molecule has 9 heteroatoms. The summed E-state index contributed by atoms with van der Waals surface area (Å²) in [7, 11) is -3.66. The van der Waals surface area contributed by atoms with Crippen molar-refractivity contribution in [1.29, 1.82) is 0 Å². The van der Waals surface area contributed by atoms with Crippen molar-refractivity contribution in [1.82, 2.24) is 4.31 Å². The number of halogens is 1. The van der Waals surface area contributed by atoms with Crippen molar-refractivity contribution in [3.8, 4) is 5.75 Å². The maximum atomic E-state index is 12.8. The molecule has 2 aromatic carbocycles. The molecule has 0 bridgehead atoms. The molecule has 1 aliphatic heterocycles. The predicted octanol–water partition coefficient (Wildman–Crippen LogP) is 2.48. The summed E-state index contributed by atoms with van der Waals surface area (Å²) in [5.41, 5.74) is -0.645. The molecule has 7 nitrogen and oxygen atoms in total. The highest BCUT2D eigenvalue weighted by molar-refractivity contribution is 7.89. The van der Waals surface area contributed by atoms with Crippen molar-refractivity contribution in [2.24, 2.45) is 0 Å². The molecule has 0 unspecified atom stereocenters. The largest absolute Gasteiger partial charge is 0.482 e. The zero-order valence-corrected chi connectivity index (χ0v) is 16.5. The summed E-state index contributed by atoms with van der Waals surface area (Å²) < 4.78 is 32.1. The zero-order chi connectivity index (χ0) is 20.4. The summed E-state index contributed by atoms with van der Waals surface area (Å²) in [4.78, 5) is 10.8. The van der Waals surface area contributed by atoms with Gasteiger partial charge in [0.05, 0.1) is 10.5 Å². The zero-order valence-electron chi connectivity index (χ0n) is 14.9. The lowest BCUT2D eigenvalue weighted by Gasteiger charge is -2.38. The monoisotopic (exact) mass is 425 g/mol. The van der Waals surface area contributed by atoms with Crippen LogP contribution in [0.3, 0.4) is 0 Å². The van der Waals surface area contributed by atoms with Crippen LogP contribution in [0, 0.1) is 0 Å². The lowest BCUT2D eigenvalue weighted by atomic mass is 9.85. The highest BCUT2D eigenvalue weighted by Crippen LogP contribution is 2.36. The fourth-order valence-electron chi connectivity index (χ4n) is 3.16. The third-order valence-electron chi connectivity index (χ3n) is 4.73. The van der Waals surface area contributed by atoms with Gasteiger partial charge >= 0.3 is 5.97 Å². The van der Waals surface area contributed by atoms with E-state index in [0.717, 1.165) is 0 Å². The van der Waals surface area contributed by atoms with Gasteiger partial charge in [-0.2, -0.15) is 4.31 Å². The lowest BCUT2D eigenvalue weighted by molar-refractivity contribution is -0.139.